The second-order valence-electron chi connectivity index (χ2n) is 6.21. The predicted molar refractivity (Wildman–Crippen MR) is 74.1 cm³/mol. The predicted octanol–water partition coefficient (Wildman–Crippen LogP) is 2.56. The van der Waals surface area contributed by atoms with E-state index in [-0.39, 0.29) is 12.6 Å². The third kappa shape index (κ3) is 4.73. The molecule has 0 heterocycles. The molecule has 1 aliphatic carbocycles. The molecule has 1 aliphatic rings. The summed E-state index contributed by atoms with van der Waals surface area (Å²) in [7, 11) is 0. The van der Waals surface area contributed by atoms with Gasteiger partial charge < -0.3 is 14.9 Å². The van der Waals surface area contributed by atoms with Gasteiger partial charge in [0.2, 0.25) is 0 Å². The van der Waals surface area contributed by atoms with Crippen LogP contribution in [0.1, 0.15) is 53.4 Å². The molecule has 0 aromatic carbocycles. The highest BCUT2D eigenvalue weighted by Crippen LogP contribution is 2.29. The molecule has 110 valence electrons. The van der Waals surface area contributed by atoms with E-state index >= 15 is 0 Å². The van der Waals surface area contributed by atoms with Crippen LogP contribution in [0, 0.1) is 0 Å². The summed E-state index contributed by atoms with van der Waals surface area (Å²) in [5.74, 6) is -0.963. The summed E-state index contributed by atoms with van der Waals surface area (Å²) >= 11 is 0. The fourth-order valence-corrected chi connectivity index (χ4v) is 2.03. The zero-order chi connectivity index (χ0) is 14.6. The lowest BCUT2D eigenvalue weighted by Gasteiger charge is -2.38. The topological polar surface area (TPSA) is 60.9 Å². The van der Waals surface area contributed by atoms with Gasteiger partial charge >= 0.3 is 12.0 Å². The van der Waals surface area contributed by atoms with Gasteiger partial charge in [-0.05, 0) is 40.0 Å². The second-order valence-corrected chi connectivity index (χ2v) is 6.21. The Morgan fingerprint density at radius 2 is 1.84 bits per heavy atom. The molecule has 0 aromatic rings. The zero-order valence-electron chi connectivity index (χ0n) is 12.5. The van der Waals surface area contributed by atoms with Crippen LogP contribution in [0.5, 0.6) is 0 Å². The molecule has 0 atom stereocenters. The Kier molecular flexibility index (Phi) is 5.20. The molecule has 1 fully saturated rings. The van der Waals surface area contributed by atoms with Crippen molar-refractivity contribution in [2.75, 3.05) is 13.1 Å². The minimum Gasteiger partial charge on any atom is -0.480 e. The van der Waals surface area contributed by atoms with Crippen LogP contribution in [-0.2, 0) is 4.79 Å². The number of carbonyl (C=O) groups is 2. The summed E-state index contributed by atoms with van der Waals surface area (Å²) in [6.45, 7) is 8.20. The molecule has 1 rings (SSSR count). The molecule has 19 heavy (non-hydrogen) atoms. The standard InChI is InChI=1S/C14H26N2O3/c1-5-6-9-15(11-7-8-11)13(19)16(10-12(17)18)14(2,3)4/h11H,5-10H2,1-4H3,(H,17,18). The van der Waals surface area contributed by atoms with Gasteiger partial charge in [0.25, 0.3) is 0 Å². The summed E-state index contributed by atoms with van der Waals surface area (Å²) in [6, 6.07) is 0.184. The molecular formula is C14H26N2O3. The third-order valence-electron chi connectivity index (χ3n) is 3.32. The van der Waals surface area contributed by atoms with Crippen LogP contribution in [0.2, 0.25) is 0 Å². The number of carboxylic acids is 1. The van der Waals surface area contributed by atoms with E-state index in [2.05, 4.69) is 6.92 Å². The van der Waals surface area contributed by atoms with Gasteiger partial charge in [-0.25, -0.2) is 4.79 Å². The molecule has 5 nitrogen and oxygen atoms in total. The number of aliphatic carboxylic acids is 1. The fourth-order valence-electron chi connectivity index (χ4n) is 2.03. The molecule has 2 amide bonds. The second kappa shape index (κ2) is 6.26. The van der Waals surface area contributed by atoms with Gasteiger partial charge in [-0.1, -0.05) is 13.3 Å². The summed E-state index contributed by atoms with van der Waals surface area (Å²) in [4.78, 5) is 26.9. The molecule has 1 N–H and O–H groups in total. The summed E-state index contributed by atoms with van der Waals surface area (Å²) < 4.78 is 0. The Bertz CT molecular complexity index is 332. The van der Waals surface area contributed by atoms with E-state index < -0.39 is 11.5 Å². The minimum atomic E-state index is -0.963. The normalized spacial score (nSPS) is 15.2. The van der Waals surface area contributed by atoms with Crippen molar-refractivity contribution in [2.24, 2.45) is 0 Å². The van der Waals surface area contributed by atoms with Crippen molar-refractivity contribution in [1.29, 1.82) is 0 Å². The summed E-state index contributed by atoms with van der Waals surface area (Å²) in [5.41, 5.74) is -0.477. The van der Waals surface area contributed by atoms with E-state index in [1.807, 2.05) is 25.7 Å². The van der Waals surface area contributed by atoms with Crippen molar-refractivity contribution in [3.63, 3.8) is 0 Å². The first-order chi connectivity index (χ1) is 8.77. The summed E-state index contributed by atoms with van der Waals surface area (Å²) in [5, 5.41) is 9.00. The van der Waals surface area contributed by atoms with Gasteiger partial charge in [0, 0.05) is 18.1 Å². The lowest BCUT2D eigenvalue weighted by atomic mass is 10.1. The molecule has 0 aliphatic heterocycles. The number of hydrogen-bond acceptors (Lipinski definition) is 2. The average Bonchev–Trinajstić information content (AvgIpc) is 3.08. The van der Waals surface area contributed by atoms with Gasteiger partial charge in [0.1, 0.15) is 6.54 Å². The molecule has 1 saturated carbocycles. The van der Waals surface area contributed by atoms with Gasteiger partial charge in [0.05, 0.1) is 0 Å². The number of hydrogen-bond donors (Lipinski definition) is 1. The van der Waals surface area contributed by atoms with Crippen LogP contribution >= 0.6 is 0 Å². The number of amides is 2. The van der Waals surface area contributed by atoms with Crippen LogP contribution in [0.3, 0.4) is 0 Å². The maximum atomic E-state index is 12.6. The van der Waals surface area contributed by atoms with Crippen LogP contribution in [0.15, 0.2) is 0 Å². The van der Waals surface area contributed by atoms with Gasteiger partial charge in [-0.2, -0.15) is 0 Å². The summed E-state index contributed by atoms with van der Waals surface area (Å²) in [6.07, 6.45) is 4.08. The molecule has 0 aromatic heterocycles. The minimum absolute atomic E-state index is 0.133. The van der Waals surface area contributed by atoms with E-state index in [1.54, 1.807) is 0 Å². The highest BCUT2D eigenvalue weighted by molar-refractivity contribution is 5.81. The average molecular weight is 270 g/mol. The lowest BCUT2D eigenvalue weighted by molar-refractivity contribution is -0.138. The molecule has 0 saturated heterocycles. The fraction of sp³-hybridized carbons (Fsp3) is 0.857. The van der Waals surface area contributed by atoms with Crippen LogP contribution in [0.25, 0.3) is 0 Å². The van der Waals surface area contributed by atoms with Crippen LogP contribution < -0.4 is 0 Å². The smallest absolute Gasteiger partial charge is 0.323 e. The van der Waals surface area contributed by atoms with Crippen molar-refractivity contribution in [2.45, 2.75) is 65.0 Å². The Labute approximate surface area is 115 Å². The maximum absolute atomic E-state index is 12.6. The number of carboxylic acid groups (broad SMARTS) is 1. The van der Waals surface area contributed by atoms with Crippen molar-refractivity contribution >= 4 is 12.0 Å². The Balaban J connectivity index is 2.80. The Hall–Kier alpha value is -1.26. The van der Waals surface area contributed by atoms with Gasteiger partial charge in [-0.15, -0.1) is 0 Å². The van der Waals surface area contributed by atoms with E-state index in [4.69, 9.17) is 5.11 Å². The quantitative estimate of drug-likeness (QED) is 0.807. The zero-order valence-corrected chi connectivity index (χ0v) is 12.5. The SMILES string of the molecule is CCCCN(C(=O)N(CC(=O)O)C(C)(C)C)C1CC1. The first-order valence-electron chi connectivity index (χ1n) is 7.07. The highest BCUT2D eigenvalue weighted by atomic mass is 16.4. The first kappa shape index (κ1) is 15.8. The number of urea groups is 1. The van der Waals surface area contributed by atoms with Crippen molar-refractivity contribution in [3.05, 3.63) is 0 Å². The first-order valence-corrected chi connectivity index (χ1v) is 7.07. The van der Waals surface area contributed by atoms with Crippen molar-refractivity contribution in [3.8, 4) is 0 Å². The van der Waals surface area contributed by atoms with Crippen molar-refractivity contribution < 1.29 is 14.7 Å². The molecular weight excluding hydrogens is 244 g/mol. The van der Waals surface area contributed by atoms with Gasteiger partial charge in [0.15, 0.2) is 0 Å². The van der Waals surface area contributed by atoms with Crippen LogP contribution in [0.4, 0.5) is 4.79 Å². The lowest BCUT2D eigenvalue weighted by Crippen LogP contribution is -2.54. The number of rotatable bonds is 6. The van der Waals surface area contributed by atoms with Crippen LogP contribution in [-0.4, -0.2) is 51.6 Å². The Morgan fingerprint density at radius 3 is 2.21 bits per heavy atom. The van der Waals surface area contributed by atoms with E-state index in [1.165, 1.54) is 4.90 Å². The molecule has 5 heteroatoms. The van der Waals surface area contributed by atoms with Gasteiger partial charge in [-0.3, -0.25) is 4.79 Å². The number of unbranched alkanes of at least 4 members (excludes halogenated alkanes) is 1. The van der Waals surface area contributed by atoms with E-state index in [0.717, 1.165) is 32.2 Å². The number of carbonyl (C=O) groups excluding carboxylic acids is 1. The molecule has 0 unspecified atom stereocenters. The molecule has 0 radical (unpaired) electrons. The van der Waals surface area contributed by atoms with E-state index in [9.17, 15) is 9.59 Å². The monoisotopic (exact) mass is 270 g/mol. The maximum Gasteiger partial charge on any atom is 0.323 e. The molecule has 0 spiro atoms. The van der Waals surface area contributed by atoms with E-state index in [0.29, 0.717) is 6.04 Å². The third-order valence-corrected chi connectivity index (χ3v) is 3.32. The number of nitrogens with zero attached hydrogens (tertiary/aromatic N) is 2. The largest absolute Gasteiger partial charge is 0.480 e. The van der Waals surface area contributed by atoms with Crippen molar-refractivity contribution in [1.82, 2.24) is 9.80 Å². The highest BCUT2D eigenvalue weighted by Gasteiger charge is 2.38. The molecule has 0 bridgehead atoms. The Morgan fingerprint density at radius 1 is 1.26 bits per heavy atom.